The van der Waals surface area contributed by atoms with Gasteiger partial charge in [0.25, 0.3) is 11.2 Å². The molecule has 120 valence electrons. The van der Waals surface area contributed by atoms with E-state index in [2.05, 4.69) is 5.32 Å². The number of rotatable bonds is 4. The molecule has 1 N–H and O–H groups in total. The van der Waals surface area contributed by atoms with Gasteiger partial charge in [0.15, 0.2) is 0 Å². The maximum atomic E-state index is 12.1. The first-order valence-electron chi connectivity index (χ1n) is 7.01. The van der Waals surface area contributed by atoms with Crippen LogP contribution in [0.3, 0.4) is 0 Å². The Morgan fingerprint density at radius 3 is 2.48 bits per heavy atom. The SMILES string of the molecule is Cc1ccc(NC(=O)Cn2c(C)c([N+](=O)[O-])ccc2=O)cc1C. The standard InChI is InChI=1S/C16H17N3O4/c1-10-4-5-13(8-11(10)2)17-15(20)9-18-12(3)14(19(22)23)6-7-16(18)21/h4-8H,9H2,1-3H3,(H,17,20). The van der Waals surface area contributed by atoms with Gasteiger partial charge in [0.05, 0.1) is 10.6 Å². The van der Waals surface area contributed by atoms with Crippen LogP contribution in [-0.4, -0.2) is 15.4 Å². The minimum absolute atomic E-state index is 0.151. The Kier molecular flexibility index (Phi) is 4.59. The Bertz CT molecular complexity index is 840. The first kappa shape index (κ1) is 16.4. The molecule has 0 saturated heterocycles. The Morgan fingerprint density at radius 2 is 1.87 bits per heavy atom. The molecule has 2 rings (SSSR count). The summed E-state index contributed by atoms with van der Waals surface area (Å²) in [6.45, 7) is 5.06. The zero-order valence-electron chi connectivity index (χ0n) is 13.1. The molecule has 0 aliphatic carbocycles. The molecule has 0 radical (unpaired) electrons. The number of anilines is 1. The summed E-state index contributed by atoms with van der Waals surface area (Å²) in [5, 5.41) is 13.6. The molecule has 1 aromatic carbocycles. The van der Waals surface area contributed by atoms with Crippen molar-refractivity contribution in [2.24, 2.45) is 0 Å². The van der Waals surface area contributed by atoms with E-state index in [4.69, 9.17) is 0 Å². The number of nitrogens with one attached hydrogen (secondary N) is 1. The molecule has 23 heavy (non-hydrogen) atoms. The monoisotopic (exact) mass is 315 g/mol. The summed E-state index contributed by atoms with van der Waals surface area (Å²) in [5.74, 6) is -0.418. The first-order chi connectivity index (χ1) is 10.8. The Hall–Kier alpha value is -2.96. The number of nitro groups is 1. The minimum Gasteiger partial charge on any atom is -0.325 e. The highest BCUT2D eigenvalue weighted by Gasteiger charge is 2.16. The Labute approximate surface area is 132 Å². The van der Waals surface area contributed by atoms with E-state index in [0.29, 0.717) is 5.69 Å². The summed E-state index contributed by atoms with van der Waals surface area (Å²) in [4.78, 5) is 34.3. The molecule has 0 unspecified atom stereocenters. The highest BCUT2D eigenvalue weighted by molar-refractivity contribution is 5.90. The fourth-order valence-corrected chi connectivity index (χ4v) is 2.22. The van der Waals surface area contributed by atoms with Gasteiger partial charge < -0.3 is 5.32 Å². The third kappa shape index (κ3) is 3.63. The largest absolute Gasteiger partial charge is 0.325 e. The van der Waals surface area contributed by atoms with Gasteiger partial charge in [0, 0.05) is 17.8 Å². The van der Waals surface area contributed by atoms with E-state index in [1.807, 2.05) is 26.0 Å². The number of pyridine rings is 1. The van der Waals surface area contributed by atoms with E-state index in [-0.39, 0.29) is 17.9 Å². The summed E-state index contributed by atoms with van der Waals surface area (Å²) >= 11 is 0. The summed E-state index contributed by atoms with van der Waals surface area (Å²) in [7, 11) is 0. The van der Waals surface area contributed by atoms with Crippen LogP contribution in [0.5, 0.6) is 0 Å². The summed E-state index contributed by atoms with van der Waals surface area (Å²) in [5.41, 5.74) is 2.26. The van der Waals surface area contributed by atoms with Gasteiger partial charge in [-0.05, 0) is 44.0 Å². The topological polar surface area (TPSA) is 94.2 Å². The second kappa shape index (κ2) is 6.43. The fraction of sp³-hybridized carbons (Fsp3) is 0.250. The van der Waals surface area contributed by atoms with Crippen molar-refractivity contribution in [2.75, 3.05) is 5.32 Å². The maximum Gasteiger partial charge on any atom is 0.288 e. The molecule has 0 saturated carbocycles. The van der Waals surface area contributed by atoms with Gasteiger partial charge >= 0.3 is 0 Å². The molecule has 0 aliphatic heterocycles. The van der Waals surface area contributed by atoms with Crippen molar-refractivity contribution in [2.45, 2.75) is 27.3 Å². The van der Waals surface area contributed by atoms with Crippen LogP contribution in [0.25, 0.3) is 0 Å². The number of aromatic nitrogens is 1. The number of hydrogen-bond acceptors (Lipinski definition) is 4. The van der Waals surface area contributed by atoms with Gasteiger partial charge in [-0.25, -0.2) is 0 Å². The summed E-state index contributed by atoms with van der Waals surface area (Å²) < 4.78 is 1.09. The summed E-state index contributed by atoms with van der Waals surface area (Å²) in [6.07, 6.45) is 0. The zero-order valence-corrected chi connectivity index (χ0v) is 13.1. The van der Waals surface area contributed by atoms with Gasteiger partial charge in [0.1, 0.15) is 6.54 Å². The third-order valence-corrected chi connectivity index (χ3v) is 3.71. The van der Waals surface area contributed by atoms with E-state index in [1.165, 1.54) is 6.92 Å². The molecule has 0 aliphatic rings. The van der Waals surface area contributed by atoms with Crippen LogP contribution in [0.15, 0.2) is 35.1 Å². The van der Waals surface area contributed by atoms with Crippen LogP contribution in [0, 0.1) is 30.9 Å². The van der Waals surface area contributed by atoms with Crippen molar-refractivity contribution < 1.29 is 9.72 Å². The fourth-order valence-electron chi connectivity index (χ4n) is 2.22. The lowest BCUT2D eigenvalue weighted by Gasteiger charge is -2.11. The summed E-state index contributed by atoms with van der Waals surface area (Å²) in [6, 6.07) is 7.72. The molecule has 0 atom stereocenters. The Balaban J connectivity index is 2.23. The molecule has 7 heteroatoms. The lowest BCUT2D eigenvalue weighted by molar-refractivity contribution is -0.386. The van der Waals surface area contributed by atoms with Crippen molar-refractivity contribution in [3.05, 3.63) is 67.6 Å². The predicted molar refractivity (Wildman–Crippen MR) is 86.6 cm³/mol. The van der Waals surface area contributed by atoms with Gasteiger partial charge in [0.2, 0.25) is 5.91 Å². The van der Waals surface area contributed by atoms with E-state index in [9.17, 15) is 19.7 Å². The van der Waals surface area contributed by atoms with Crippen LogP contribution in [-0.2, 0) is 11.3 Å². The van der Waals surface area contributed by atoms with Crippen molar-refractivity contribution in [1.82, 2.24) is 4.57 Å². The number of nitrogens with zero attached hydrogens (tertiary/aromatic N) is 2. The van der Waals surface area contributed by atoms with Crippen molar-refractivity contribution in [3.8, 4) is 0 Å². The zero-order chi connectivity index (χ0) is 17.1. The van der Waals surface area contributed by atoms with Crippen molar-refractivity contribution in [1.29, 1.82) is 0 Å². The number of aryl methyl sites for hydroxylation is 2. The Morgan fingerprint density at radius 1 is 1.17 bits per heavy atom. The average molecular weight is 315 g/mol. The van der Waals surface area contributed by atoms with Gasteiger partial charge in [-0.2, -0.15) is 0 Å². The molecule has 1 heterocycles. The molecular weight excluding hydrogens is 298 g/mol. The smallest absolute Gasteiger partial charge is 0.288 e. The van der Waals surface area contributed by atoms with Gasteiger partial charge in [-0.3, -0.25) is 24.3 Å². The van der Waals surface area contributed by atoms with Crippen molar-refractivity contribution >= 4 is 17.3 Å². The van der Waals surface area contributed by atoms with Crippen LogP contribution < -0.4 is 10.9 Å². The van der Waals surface area contributed by atoms with Crippen LogP contribution >= 0.6 is 0 Å². The number of amides is 1. The molecule has 0 fully saturated rings. The number of carbonyl (C=O) groups is 1. The molecule has 0 spiro atoms. The predicted octanol–water partition coefficient (Wildman–Crippen LogP) is 2.32. The van der Waals surface area contributed by atoms with Gasteiger partial charge in [-0.1, -0.05) is 6.07 Å². The van der Waals surface area contributed by atoms with E-state index in [1.54, 1.807) is 6.07 Å². The molecule has 1 amide bonds. The number of benzene rings is 1. The second-order valence-electron chi connectivity index (χ2n) is 5.33. The first-order valence-corrected chi connectivity index (χ1v) is 7.01. The molecule has 1 aromatic heterocycles. The third-order valence-electron chi connectivity index (χ3n) is 3.71. The molecular formula is C16H17N3O4. The van der Waals surface area contributed by atoms with Crippen molar-refractivity contribution in [3.63, 3.8) is 0 Å². The van der Waals surface area contributed by atoms with E-state index in [0.717, 1.165) is 27.8 Å². The highest BCUT2D eigenvalue weighted by Crippen LogP contribution is 2.16. The number of carbonyl (C=O) groups excluding carboxylic acids is 1. The normalized spacial score (nSPS) is 10.4. The van der Waals surface area contributed by atoms with Crippen LogP contribution in [0.4, 0.5) is 11.4 Å². The lowest BCUT2D eigenvalue weighted by atomic mass is 10.1. The van der Waals surface area contributed by atoms with Crippen LogP contribution in [0.2, 0.25) is 0 Å². The maximum absolute atomic E-state index is 12.1. The molecule has 2 aromatic rings. The van der Waals surface area contributed by atoms with E-state index < -0.39 is 16.4 Å². The quantitative estimate of drug-likeness (QED) is 0.692. The highest BCUT2D eigenvalue weighted by atomic mass is 16.6. The van der Waals surface area contributed by atoms with Crippen LogP contribution in [0.1, 0.15) is 16.8 Å². The second-order valence-corrected chi connectivity index (χ2v) is 5.33. The lowest BCUT2D eigenvalue weighted by Crippen LogP contribution is -2.29. The average Bonchev–Trinajstić information content (AvgIpc) is 2.47. The molecule has 0 bridgehead atoms. The van der Waals surface area contributed by atoms with Gasteiger partial charge in [-0.15, -0.1) is 0 Å². The van der Waals surface area contributed by atoms with E-state index >= 15 is 0 Å². The molecule has 7 nitrogen and oxygen atoms in total. The minimum atomic E-state index is -0.577. The number of hydrogen-bond donors (Lipinski definition) is 1.